The number of hydrogen-bond donors (Lipinski definition) is 1. The number of halogens is 3. The van der Waals surface area contributed by atoms with Crippen molar-refractivity contribution in [1.82, 2.24) is 24.1 Å². The fraction of sp³-hybridized carbons (Fsp3) is 0.0435. The molecule has 5 rings (SSSR count). The van der Waals surface area contributed by atoms with E-state index in [1.54, 1.807) is 36.8 Å². The van der Waals surface area contributed by atoms with Gasteiger partial charge < -0.3 is 14.6 Å². The maximum Gasteiger partial charge on any atom is 0.416 e. The van der Waals surface area contributed by atoms with Crippen molar-refractivity contribution in [2.45, 2.75) is 6.18 Å². The third-order valence-electron chi connectivity index (χ3n) is 4.87. The van der Waals surface area contributed by atoms with Crippen LogP contribution in [-0.2, 0) is 6.18 Å². The summed E-state index contributed by atoms with van der Waals surface area (Å²) in [5.41, 5.74) is 0.618. The predicted molar refractivity (Wildman–Crippen MR) is 116 cm³/mol. The maximum atomic E-state index is 12.7. The second-order valence-corrected chi connectivity index (χ2v) is 7.20. The summed E-state index contributed by atoms with van der Waals surface area (Å²) in [5.74, 6) is 0.485. The minimum absolute atomic E-state index is 0.0705. The molecule has 1 N–H and O–H groups in total. The van der Waals surface area contributed by atoms with Crippen LogP contribution in [0, 0.1) is 0 Å². The van der Waals surface area contributed by atoms with Crippen LogP contribution in [-0.4, -0.2) is 30.1 Å². The lowest BCUT2D eigenvalue weighted by atomic mass is 10.1. The van der Waals surface area contributed by atoms with E-state index in [-0.39, 0.29) is 11.4 Å². The van der Waals surface area contributed by atoms with Gasteiger partial charge in [0.15, 0.2) is 11.5 Å². The van der Waals surface area contributed by atoms with Gasteiger partial charge in [0.2, 0.25) is 5.88 Å². The molecule has 3 heterocycles. The van der Waals surface area contributed by atoms with Crippen molar-refractivity contribution in [3.63, 3.8) is 0 Å². The van der Waals surface area contributed by atoms with Crippen molar-refractivity contribution in [2.24, 2.45) is 0 Å². The summed E-state index contributed by atoms with van der Waals surface area (Å²) in [5, 5.41) is 6.88. The number of alkyl halides is 3. The molecule has 0 bridgehead atoms. The number of hydrogen-bond acceptors (Lipinski definition) is 5. The van der Waals surface area contributed by atoms with Crippen molar-refractivity contribution in [3.8, 4) is 17.3 Å². The minimum atomic E-state index is -4.47. The average molecular weight is 464 g/mol. The zero-order valence-electron chi connectivity index (χ0n) is 17.3. The molecular formula is C23H15F3N6O2. The van der Waals surface area contributed by atoms with Gasteiger partial charge in [-0.15, -0.1) is 5.10 Å². The van der Waals surface area contributed by atoms with Crippen LogP contribution in [0.25, 0.3) is 11.3 Å². The van der Waals surface area contributed by atoms with Crippen molar-refractivity contribution >= 4 is 17.4 Å². The van der Waals surface area contributed by atoms with Crippen LogP contribution in [0.3, 0.4) is 0 Å². The van der Waals surface area contributed by atoms with Gasteiger partial charge in [-0.3, -0.25) is 4.79 Å². The standard InChI is InChI=1S/C23H15F3N6O2/c24-23(25,26)16-3-1-15(2-4-16)22(33)29-19-13-32-20(28-19)9-10-21(30-32)34-18-7-5-17(6-8-18)31-12-11-27-14-31/h1-14H,(H,29,33). The Bertz CT molecular complexity index is 1440. The molecule has 0 unspecified atom stereocenters. The first-order valence-electron chi connectivity index (χ1n) is 9.96. The molecule has 0 aliphatic heterocycles. The van der Waals surface area contributed by atoms with Gasteiger partial charge in [-0.05, 0) is 54.6 Å². The number of carbonyl (C=O) groups excluding carboxylic acids is 1. The van der Waals surface area contributed by atoms with Gasteiger partial charge in [0.25, 0.3) is 5.91 Å². The fourth-order valence-corrected chi connectivity index (χ4v) is 3.20. The van der Waals surface area contributed by atoms with Crippen LogP contribution in [0.1, 0.15) is 15.9 Å². The second-order valence-electron chi connectivity index (χ2n) is 7.20. The quantitative estimate of drug-likeness (QED) is 0.397. The van der Waals surface area contributed by atoms with Gasteiger partial charge in [-0.25, -0.2) is 14.5 Å². The van der Waals surface area contributed by atoms with E-state index >= 15 is 0 Å². The van der Waals surface area contributed by atoms with Gasteiger partial charge in [-0.2, -0.15) is 13.2 Å². The van der Waals surface area contributed by atoms with Gasteiger partial charge in [0.1, 0.15) is 5.75 Å². The Kier molecular flexibility index (Phi) is 5.21. The van der Waals surface area contributed by atoms with E-state index in [0.717, 1.165) is 30.0 Å². The summed E-state index contributed by atoms with van der Waals surface area (Å²) >= 11 is 0. The minimum Gasteiger partial charge on any atom is -0.438 e. The Hall–Kier alpha value is -4.67. The molecule has 0 saturated carbocycles. The number of nitrogens with zero attached hydrogens (tertiary/aromatic N) is 5. The Morgan fingerprint density at radius 2 is 1.74 bits per heavy atom. The van der Waals surface area contributed by atoms with E-state index in [1.807, 2.05) is 22.9 Å². The molecule has 0 radical (unpaired) electrons. The lowest BCUT2D eigenvalue weighted by Crippen LogP contribution is -2.13. The summed E-state index contributed by atoms with van der Waals surface area (Å²) in [6.07, 6.45) is 2.22. The molecule has 0 atom stereocenters. The molecule has 8 nitrogen and oxygen atoms in total. The molecule has 34 heavy (non-hydrogen) atoms. The highest BCUT2D eigenvalue weighted by molar-refractivity contribution is 6.03. The summed E-state index contributed by atoms with van der Waals surface area (Å²) in [7, 11) is 0. The molecule has 0 spiro atoms. The number of aromatic nitrogens is 5. The topological polar surface area (TPSA) is 86.3 Å². The number of ether oxygens (including phenoxy) is 1. The number of amides is 1. The number of carbonyl (C=O) groups is 1. The highest BCUT2D eigenvalue weighted by atomic mass is 19.4. The van der Waals surface area contributed by atoms with Crippen LogP contribution >= 0.6 is 0 Å². The number of imidazole rings is 2. The van der Waals surface area contributed by atoms with Crippen LogP contribution in [0.4, 0.5) is 19.0 Å². The Morgan fingerprint density at radius 1 is 0.971 bits per heavy atom. The monoisotopic (exact) mass is 464 g/mol. The van der Waals surface area contributed by atoms with Crippen molar-refractivity contribution < 1.29 is 22.7 Å². The highest BCUT2D eigenvalue weighted by Crippen LogP contribution is 2.29. The first kappa shape index (κ1) is 21.2. The third-order valence-corrected chi connectivity index (χ3v) is 4.87. The van der Waals surface area contributed by atoms with E-state index in [1.165, 1.54) is 10.7 Å². The van der Waals surface area contributed by atoms with Crippen LogP contribution in [0.2, 0.25) is 0 Å². The molecule has 1 amide bonds. The third kappa shape index (κ3) is 4.44. The Balaban J connectivity index is 1.28. The van der Waals surface area contributed by atoms with E-state index in [4.69, 9.17) is 4.74 Å². The van der Waals surface area contributed by atoms with Crippen molar-refractivity contribution in [2.75, 3.05) is 5.32 Å². The van der Waals surface area contributed by atoms with E-state index in [0.29, 0.717) is 17.3 Å². The fourth-order valence-electron chi connectivity index (χ4n) is 3.20. The van der Waals surface area contributed by atoms with Gasteiger partial charge in [0, 0.05) is 29.7 Å². The molecular weight excluding hydrogens is 449 g/mol. The first-order valence-corrected chi connectivity index (χ1v) is 9.96. The van der Waals surface area contributed by atoms with Crippen LogP contribution in [0.5, 0.6) is 11.6 Å². The van der Waals surface area contributed by atoms with Crippen LogP contribution in [0.15, 0.2) is 85.6 Å². The number of benzene rings is 2. The van der Waals surface area contributed by atoms with Gasteiger partial charge in [0.05, 0.1) is 18.1 Å². The Morgan fingerprint density at radius 3 is 2.41 bits per heavy atom. The lowest BCUT2D eigenvalue weighted by molar-refractivity contribution is -0.137. The SMILES string of the molecule is O=C(Nc1cn2nc(Oc3ccc(-n4ccnc4)cc3)ccc2n1)c1ccc(C(F)(F)F)cc1. The van der Waals surface area contributed by atoms with Crippen LogP contribution < -0.4 is 10.1 Å². The van der Waals surface area contributed by atoms with E-state index < -0.39 is 17.6 Å². The van der Waals surface area contributed by atoms with Gasteiger partial charge >= 0.3 is 6.18 Å². The second kappa shape index (κ2) is 8.35. The largest absolute Gasteiger partial charge is 0.438 e. The molecule has 0 saturated heterocycles. The first-order chi connectivity index (χ1) is 16.3. The molecule has 0 aliphatic carbocycles. The molecule has 5 aromatic rings. The maximum absolute atomic E-state index is 12.7. The molecule has 2 aromatic carbocycles. The normalized spacial score (nSPS) is 11.5. The number of anilines is 1. The zero-order chi connectivity index (χ0) is 23.7. The average Bonchev–Trinajstić information content (AvgIpc) is 3.49. The summed E-state index contributed by atoms with van der Waals surface area (Å²) < 4.78 is 47.2. The number of nitrogens with one attached hydrogen (secondary N) is 1. The smallest absolute Gasteiger partial charge is 0.416 e. The highest BCUT2D eigenvalue weighted by Gasteiger charge is 2.30. The molecule has 0 aliphatic rings. The predicted octanol–water partition coefficient (Wildman–Crippen LogP) is 4.98. The van der Waals surface area contributed by atoms with Crippen molar-refractivity contribution in [1.29, 1.82) is 0 Å². The number of fused-ring (bicyclic) bond motifs is 1. The van der Waals surface area contributed by atoms with Crippen molar-refractivity contribution in [3.05, 3.63) is 96.7 Å². The Labute approximate surface area is 190 Å². The van der Waals surface area contributed by atoms with E-state index in [9.17, 15) is 18.0 Å². The molecule has 170 valence electrons. The molecule has 0 fully saturated rings. The lowest BCUT2D eigenvalue weighted by Gasteiger charge is -2.07. The van der Waals surface area contributed by atoms with Gasteiger partial charge in [-0.1, -0.05) is 0 Å². The summed E-state index contributed by atoms with van der Waals surface area (Å²) in [4.78, 5) is 20.6. The zero-order valence-corrected chi connectivity index (χ0v) is 17.3. The molecule has 3 aromatic heterocycles. The molecule has 11 heteroatoms. The summed E-state index contributed by atoms with van der Waals surface area (Å²) in [6.45, 7) is 0. The van der Waals surface area contributed by atoms with E-state index in [2.05, 4.69) is 20.4 Å². The number of rotatable bonds is 5. The summed E-state index contributed by atoms with van der Waals surface area (Å²) in [6, 6.07) is 14.6.